The Bertz CT molecular complexity index is 16.0. The maximum absolute atomic E-state index is 0. The first-order chi connectivity index (χ1) is 0. The van der Waals surface area contributed by atoms with Crippen molar-refractivity contribution in [3.05, 3.63) is 0 Å². The molecule has 50 valence electrons. The normalized spacial score (nSPS) is 0. The standard InChI is InChI=1S/Fe.Li.Mn.Ni.4O/q+3;+1;2*+2;4*-2. The van der Waals surface area contributed by atoms with Crippen LogP contribution in [0.3, 0.4) is 0 Å². The Morgan fingerprint density at radius 2 is 0.625 bits per heavy atom. The molecule has 8 heteroatoms. The first kappa shape index (κ1) is 207. The molecule has 0 aliphatic carbocycles. The maximum atomic E-state index is 0. The predicted octanol–water partition coefficient (Wildman–Crippen LogP) is -3.48. The molecule has 0 N–H and O–H groups in total. The molecule has 0 spiro atoms. The summed E-state index contributed by atoms with van der Waals surface area (Å²) in [6.07, 6.45) is 0. The predicted molar refractivity (Wildman–Crippen MR) is 2.75 cm³/mol. The van der Waals surface area contributed by atoms with E-state index in [0.717, 1.165) is 0 Å². The van der Waals surface area contributed by atoms with E-state index in [4.69, 9.17) is 0 Å². The Morgan fingerprint density at radius 3 is 0.625 bits per heavy atom. The molecule has 0 aliphatic heterocycles. The number of hydrogen-bond donors (Lipinski definition) is 0. The molecular formula is FeLiMnNiO4. The molecular weight excluding hydrogens is 240 g/mol. The third kappa shape index (κ3) is 99.8. The fraction of sp³-hybridized carbons (Fsp3) is 0. The van der Waals surface area contributed by atoms with Crippen molar-refractivity contribution in [1.29, 1.82) is 0 Å². The molecule has 0 atom stereocenters. The van der Waals surface area contributed by atoms with Gasteiger partial charge in [-0.1, -0.05) is 0 Å². The molecule has 0 saturated heterocycles. The Labute approximate surface area is 90.8 Å². The topological polar surface area (TPSA) is 114 Å². The van der Waals surface area contributed by atoms with Crippen molar-refractivity contribution >= 4 is 0 Å². The van der Waals surface area contributed by atoms with Crippen LogP contribution in [0.4, 0.5) is 0 Å². The van der Waals surface area contributed by atoms with Crippen LogP contribution in [-0.4, -0.2) is 0 Å². The largest absolute Gasteiger partial charge is 3.00 e. The average molecular weight is 240 g/mol. The fourth-order valence-corrected chi connectivity index (χ4v) is 0. The molecule has 4 nitrogen and oxygen atoms in total. The van der Waals surface area contributed by atoms with Crippen LogP contribution in [0.1, 0.15) is 0 Å². The van der Waals surface area contributed by atoms with Crippen LogP contribution >= 0.6 is 0 Å². The minimum atomic E-state index is 0. The summed E-state index contributed by atoms with van der Waals surface area (Å²) in [4.78, 5) is 0. The molecule has 2 radical (unpaired) electrons. The van der Waals surface area contributed by atoms with Gasteiger partial charge in [0.1, 0.15) is 0 Å². The van der Waals surface area contributed by atoms with E-state index in [1.807, 2.05) is 0 Å². The zero-order chi connectivity index (χ0) is 0. The minimum absolute atomic E-state index is 0. The van der Waals surface area contributed by atoms with Gasteiger partial charge in [-0.3, -0.25) is 0 Å². The van der Waals surface area contributed by atoms with Crippen LogP contribution in [0.5, 0.6) is 0 Å². The second kappa shape index (κ2) is 147. The van der Waals surface area contributed by atoms with Gasteiger partial charge in [0.15, 0.2) is 0 Å². The monoisotopic (exact) mass is 240 g/mol. The van der Waals surface area contributed by atoms with Gasteiger partial charge in [-0.15, -0.1) is 0 Å². The molecule has 8 heavy (non-hydrogen) atoms. The summed E-state index contributed by atoms with van der Waals surface area (Å²) in [6.45, 7) is 0. The Hall–Kier alpha value is 1.97. The summed E-state index contributed by atoms with van der Waals surface area (Å²) < 4.78 is 0. The van der Waals surface area contributed by atoms with E-state index in [1.54, 1.807) is 0 Å². The minimum Gasteiger partial charge on any atom is -2.00 e. The van der Waals surface area contributed by atoms with Crippen molar-refractivity contribution in [2.75, 3.05) is 0 Å². The van der Waals surface area contributed by atoms with Crippen molar-refractivity contribution in [2.45, 2.75) is 0 Å². The first-order valence-corrected chi connectivity index (χ1v) is 0. The van der Waals surface area contributed by atoms with E-state index in [0.29, 0.717) is 0 Å². The van der Waals surface area contributed by atoms with E-state index < -0.39 is 0 Å². The van der Waals surface area contributed by atoms with Crippen LogP contribution in [0.25, 0.3) is 0 Å². The second-order valence-corrected chi connectivity index (χ2v) is 0. The summed E-state index contributed by atoms with van der Waals surface area (Å²) in [5.41, 5.74) is 0. The van der Waals surface area contributed by atoms with Crippen molar-refractivity contribution in [2.24, 2.45) is 0 Å². The third-order valence-corrected chi connectivity index (χ3v) is 0. The number of rotatable bonds is 0. The fourth-order valence-electron chi connectivity index (χ4n) is 0. The summed E-state index contributed by atoms with van der Waals surface area (Å²) >= 11 is 0. The van der Waals surface area contributed by atoms with E-state index in [1.165, 1.54) is 0 Å². The molecule has 0 aromatic rings. The van der Waals surface area contributed by atoms with Crippen LogP contribution in [0, 0.1) is 0 Å². The van der Waals surface area contributed by atoms with Crippen molar-refractivity contribution < 1.29 is 91.4 Å². The van der Waals surface area contributed by atoms with Gasteiger partial charge in [0.25, 0.3) is 0 Å². The SMILES string of the molecule is [Fe+3].[Li+].[Mn+2].[Ni+2].[O-2].[O-2].[O-2].[O-2]. The molecule has 0 aliphatic rings. The van der Waals surface area contributed by atoms with Crippen LogP contribution in [-0.2, 0) is 72.5 Å². The number of hydrogen-bond acceptors (Lipinski definition) is 0. The zero-order valence-electron chi connectivity index (χ0n) is 3.68. The molecule has 0 amide bonds. The Balaban J connectivity index is 0. The quantitative estimate of drug-likeness (QED) is 0.391. The van der Waals surface area contributed by atoms with Gasteiger partial charge in [0.2, 0.25) is 0 Å². The van der Waals surface area contributed by atoms with Crippen molar-refractivity contribution in [3.8, 4) is 0 Å². The van der Waals surface area contributed by atoms with Gasteiger partial charge in [-0.05, 0) is 0 Å². The van der Waals surface area contributed by atoms with Gasteiger partial charge in [0.05, 0.1) is 0 Å². The van der Waals surface area contributed by atoms with Crippen LogP contribution in [0.2, 0.25) is 0 Å². The Morgan fingerprint density at radius 1 is 0.625 bits per heavy atom. The maximum Gasteiger partial charge on any atom is 3.00 e. The summed E-state index contributed by atoms with van der Waals surface area (Å²) in [5, 5.41) is 0. The molecule has 0 unspecified atom stereocenters. The first-order valence-electron chi connectivity index (χ1n) is 0. The van der Waals surface area contributed by atoms with E-state index >= 15 is 0 Å². The molecule has 0 heterocycles. The summed E-state index contributed by atoms with van der Waals surface area (Å²) in [7, 11) is 0. The van der Waals surface area contributed by atoms with E-state index in [2.05, 4.69) is 0 Å². The van der Waals surface area contributed by atoms with Gasteiger partial charge in [-0.25, -0.2) is 0 Å². The van der Waals surface area contributed by atoms with Gasteiger partial charge >= 0.3 is 69.5 Å². The van der Waals surface area contributed by atoms with Crippen LogP contribution in [0.15, 0.2) is 0 Å². The third-order valence-electron chi connectivity index (χ3n) is 0. The summed E-state index contributed by atoms with van der Waals surface area (Å²) in [6, 6.07) is 0. The van der Waals surface area contributed by atoms with Gasteiger partial charge in [0, 0.05) is 0 Å². The van der Waals surface area contributed by atoms with Gasteiger partial charge in [-0.2, -0.15) is 0 Å². The van der Waals surface area contributed by atoms with Gasteiger partial charge < -0.3 is 21.9 Å². The summed E-state index contributed by atoms with van der Waals surface area (Å²) in [5.74, 6) is 0. The Kier molecular flexibility index (Phi) is 3790. The molecule has 0 aromatic heterocycles. The molecule has 0 rings (SSSR count). The van der Waals surface area contributed by atoms with Crippen molar-refractivity contribution in [1.82, 2.24) is 0 Å². The van der Waals surface area contributed by atoms with E-state index in [9.17, 15) is 0 Å². The molecule has 0 saturated carbocycles. The average Bonchev–Trinajstić information content (AvgIpc) is 0. The van der Waals surface area contributed by atoms with E-state index in [-0.39, 0.29) is 91.4 Å². The molecule has 0 bridgehead atoms. The molecule has 0 fully saturated rings. The van der Waals surface area contributed by atoms with Crippen molar-refractivity contribution in [3.63, 3.8) is 0 Å². The van der Waals surface area contributed by atoms with Crippen LogP contribution < -0.4 is 18.9 Å². The second-order valence-electron chi connectivity index (χ2n) is 0. The zero-order valence-corrected chi connectivity index (χ0v) is 6.95. The molecule has 0 aromatic carbocycles. The smallest absolute Gasteiger partial charge is 2.00 e.